The van der Waals surface area contributed by atoms with Crippen molar-refractivity contribution >= 4 is 18.0 Å². The van der Waals surface area contributed by atoms with Crippen molar-refractivity contribution in [2.75, 3.05) is 13.2 Å². The lowest BCUT2D eigenvalue weighted by atomic mass is 9.98. The standard InChI is InChI=1S/C23H24N2O6/c1-13(22(27)28)24-21(26)20-19(10-11-30-20)25-23(29)31-12-18-16-8-4-2-6-14(16)15-7-3-5-9-17(15)18/h2-9,13,18-20H,10-12H2,1H3,(H,24,26)(H,25,29)(H,27,28)/t13-,19-,20+/m0/s1. The molecule has 0 aromatic heterocycles. The van der Waals surface area contributed by atoms with Gasteiger partial charge in [-0.3, -0.25) is 9.59 Å². The second-order valence-corrected chi connectivity index (χ2v) is 7.72. The number of carboxylic acid groups (broad SMARTS) is 1. The summed E-state index contributed by atoms with van der Waals surface area (Å²) in [5, 5.41) is 14.0. The summed E-state index contributed by atoms with van der Waals surface area (Å²) in [6.45, 7) is 1.82. The van der Waals surface area contributed by atoms with Crippen LogP contribution < -0.4 is 10.6 Å². The Morgan fingerprint density at radius 3 is 2.32 bits per heavy atom. The normalized spacial score (nSPS) is 20.4. The Kier molecular flexibility index (Phi) is 5.90. The average Bonchev–Trinajstić information content (AvgIpc) is 3.34. The number of carbonyl (C=O) groups is 3. The molecule has 2 aliphatic rings. The van der Waals surface area contributed by atoms with E-state index in [1.807, 2.05) is 36.4 Å². The molecule has 4 rings (SSSR count). The predicted molar refractivity (Wildman–Crippen MR) is 112 cm³/mol. The molecule has 8 nitrogen and oxygen atoms in total. The van der Waals surface area contributed by atoms with Gasteiger partial charge in [-0.25, -0.2) is 4.79 Å². The number of fused-ring (bicyclic) bond motifs is 3. The zero-order valence-electron chi connectivity index (χ0n) is 17.0. The molecule has 3 N–H and O–H groups in total. The number of nitrogens with one attached hydrogen (secondary N) is 2. The number of alkyl carbamates (subject to hydrolysis) is 1. The molecule has 1 saturated heterocycles. The highest BCUT2D eigenvalue weighted by Crippen LogP contribution is 2.44. The second kappa shape index (κ2) is 8.77. The molecule has 3 atom stereocenters. The summed E-state index contributed by atoms with van der Waals surface area (Å²) in [5.74, 6) is -1.78. The van der Waals surface area contributed by atoms with Gasteiger partial charge in [0.2, 0.25) is 0 Å². The van der Waals surface area contributed by atoms with Gasteiger partial charge in [-0.15, -0.1) is 0 Å². The molecular weight excluding hydrogens is 400 g/mol. The Morgan fingerprint density at radius 1 is 1.10 bits per heavy atom. The van der Waals surface area contributed by atoms with Crippen LogP contribution in [0.4, 0.5) is 4.79 Å². The van der Waals surface area contributed by atoms with Crippen LogP contribution in [0.25, 0.3) is 11.1 Å². The quantitative estimate of drug-likeness (QED) is 0.656. The van der Waals surface area contributed by atoms with E-state index in [0.29, 0.717) is 6.42 Å². The molecule has 1 fully saturated rings. The molecule has 1 heterocycles. The molecule has 31 heavy (non-hydrogen) atoms. The number of carboxylic acids is 1. The fourth-order valence-corrected chi connectivity index (χ4v) is 4.14. The Bertz CT molecular complexity index is 962. The van der Waals surface area contributed by atoms with Crippen molar-refractivity contribution in [1.82, 2.24) is 10.6 Å². The molecule has 0 unspecified atom stereocenters. The lowest BCUT2D eigenvalue weighted by molar-refractivity contribution is -0.143. The maximum atomic E-state index is 12.5. The summed E-state index contributed by atoms with van der Waals surface area (Å²) in [6.07, 6.45) is -1.16. The Hall–Kier alpha value is -3.39. The topological polar surface area (TPSA) is 114 Å². The number of carbonyl (C=O) groups excluding carboxylic acids is 2. The summed E-state index contributed by atoms with van der Waals surface area (Å²) in [7, 11) is 0. The van der Waals surface area contributed by atoms with Gasteiger partial charge in [0.25, 0.3) is 5.91 Å². The summed E-state index contributed by atoms with van der Waals surface area (Å²) in [6, 6.07) is 14.5. The minimum atomic E-state index is -1.15. The fourth-order valence-electron chi connectivity index (χ4n) is 4.14. The average molecular weight is 424 g/mol. The first-order chi connectivity index (χ1) is 15.0. The van der Waals surface area contributed by atoms with E-state index in [1.165, 1.54) is 6.92 Å². The number of amides is 2. The van der Waals surface area contributed by atoms with Crippen LogP contribution in [-0.2, 0) is 19.1 Å². The van der Waals surface area contributed by atoms with Crippen molar-refractivity contribution in [2.45, 2.75) is 37.5 Å². The molecule has 0 spiro atoms. The van der Waals surface area contributed by atoms with E-state index in [4.69, 9.17) is 14.6 Å². The molecule has 1 aliphatic heterocycles. The van der Waals surface area contributed by atoms with Gasteiger partial charge >= 0.3 is 12.1 Å². The summed E-state index contributed by atoms with van der Waals surface area (Å²) < 4.78 is 10.9. The maximum Gasteiger partial charge on any atom is 0.407 e. The first kappa shape index (κ1) is 20.9. The Morgan fingerprint density at radius 2 is 1.71 bits per heavy atom. The van der Waals surface area contributed by atoms with Crippen molar-refractivity contribution in [1.29, 1.82) is 0 Å². The van der Waals surface area contributed by atoms with Crippen molar-refractivity contribution in [3.8, 4) is 11.1 Å². The smallest absolute Gasteiger partial charge is 0.407 e. The van der Waals surface area contributed by atoms with Gasteiger partial charge in [0, 0.05) is 12.5 Å². The predicted octanol–water partition coefficient (Wildman–Crippen LogP) is 2.27. The van der Waals surface area contributed by atoms with Gasteiger partial charge in [-0.1, -0.05) is 48.5 Å². The highest BCUT2D eigenvalue weighted by Gasteiger charge is 2.37. The molecule has 2 amide bonds. The van der Waals surface area contributed by atoms with Crippen LogP contribution >= 0.6 is 0 Å². The van der Waals surface area contributed by atoms with Crippen molar-refractivity contribution in [3.05, 3.63) is 59.7 Å². The van der Waals surface area contributed by atoms with Crippen molar-refractivity contribution in [3.63, 3.8) is 0 Å². The minimum Gasteiger partial charge on any atom is -0.480 e. The monoisotopic (exact) mass is 424 g/mol. The SMILES string of the molecule is C[C@H](NC(=O)[C@@H]1OCC[C@@H]1NC(=O)OCC1c2ccccc2-c2ccccc21)C(=O)O. The molecule has 2 aromatic carbocycles. The van der Waals surface area contributed by atoms with Gasteiger partial charge in [0.15, 0.2) is 6.10 Å². The highest BCUT2D eigenvalue weighted by atomic mass is 16.6. The molecule has 8 heteroatoms. The Labute approximate surface area is 179 Å². The van der Waals surface area contributed by atoms with Gasteiger partial charge in [-0.2, -0.15) is 0 Å². The summed E-state index contributed by atoms with van der Waals surface area (Å²) in [5.41, 5.74) is 4.50. The van der Waals surface area contributed by atoms with E-state index in [-0.39, 0.29) is 19.1 Å². The third-order valence-electron chi connectivity index (χ3n) is 5.73. The Balaban J connectivity index is 1.37. The number of hydrogen-bond acceptors (Lipinski definition) is 5. The number of ether oxygens (including phenoxy) is 2. The van der Waals surface area contributed by atoms with E-state index in [1.54, 1.807) is 0 Å². The van der Waals surface area contributed by atoms with E-state index in [2.05, 4.69) is 22.8 Å². The van der Waals surface area contributed by atoms with Crippen molar-refractivity contribution in [2.24, 2.45) is 0 Å². The van der Waals surface area contributed by atoms with Crippen LogP contribution in [0.5, 0.6) is 0 Å². The molecule has 0 bridgehead atoms. The first-order valence-electron chi connectivity index (χ1n) is 10.2. The van der Waals surface area contributed by atoms with Crippen LogP contribution in [0.2, 0.25) is 0 Å². The van der Waals surface area contributed by atoms with Crippen molar-refractivity contribution < 1.29 is 29.0 Å². The van der Waals surface area contributed by atoms with Crippen LogP contribution in [-0.4, -0.2) is 54.5 Å². The van der Waals surface area contributed by atoms with Gasteiger partial charge in [-0.05, 0) is 35.6 Å². The molecule has 2 aromatic rings. The largest absolute Gasteiger partial charge is 0.480 e. The zero-order chi connectivity index (χ0) is 22.0. The third-order valence-corrected chi connectivity index (χ3v) is 5.73. The van der Waals surface area contributed by atoms with E-state index in [9.17, 15) is 14.4 Å². The number of hydrogen-bond donors (Lipinski definition) is 3. The van der Waals surface area contributed by atoms with Gasteiger partial charge < -0.3 is 25.2 Å². The van der Waals surface area contributed by atoms with Crippen LogP contribution in [0.15, 0.2) is 48.5 Å². The first-order valence-corrected chi connectivity index (χ1v) is 10.2. The highest BCUT2D eigenvalue weighted by molar-refractivity contribution is 5.87. The van der Waals surface area contributed by atoms with Gasteiger partial charge in [0.05, 0.1) is 6.04 Å². The second-order valence-electron chi connectivity index (χ2n) is 7.72. The summed E-state index contributed by atoms with van der Waals surface area (Å²) in [4.78, 5) is 35.7. The van der Waals surface area contributed by atoms with E-state index in [0.717, 1.165) is 22.3 Å². The number of aliphatic carboxylic acids is 1. The molecule has 0 saturated carbocycles. The lowest BCUT2D eigenvalue weighted by Crippen LogP contribution is -2.51. The zero-order valence-corrected chi connectivity index (χ0v) is 17.0. The van der Waals surface area contributed by atoms with E-state index < -0.39 is 36.2 Å². The molecular formula is C23H24N2O6. The van der Waals surface area contributed by atoms with E-state index >= 15 is 0 Å². The van der Waals surface area contributed by atoms with Gasteiger partial charge in [0.1, 0.15) is 12.6 Å². The minimum absolute atomic E-state index is 0.0616. The molecule has 0 radical (unpaired) electrons. The van der Waals surface area contributed by atoms with Crippen LogP contribution in [0.1, 0.15) is 30.4 Å². The fraction of sp³-hybridized carbons (Fsp3) is 0.348. The summed E-state index contributed by atoms with van der Waals surface area (Å²) >= 11 is 0. The number of benzene rings is 2. The van der Waals surface area contributed by atoms with Crippen LogP contribution in [0, 0.1) is 0 Å². The lowest BCUT2D eigenvalue weighted by Gasteiger charge is -2.21. The number of rotatable bonds is 6. The maximum absolute atomic E-state index is 12.5. The molecule has 1 aliphatic carbocycles. The third kappa shape index (κ3) is 4.25. The molecule has 162 valence electrons. The van der Waals surface area contributed by atoms with Crippen LogP contribution in [0.3, 0.4) is 0 Å².